The fraction of sp³-hybridized carbons (Fsp3) is 0.700. The normalized spacial score (nSPS) is 11.6. The third-order valence-electron chi connectivity index (χ3n) is 2.22. The Morgan fingerprint density at radius 1 is 1.40 bits per heavy atom. The molecule has 0 saturated heterocycles. The molecule has 1 aromatic heterocycles. The highest BCUT2D eigenvalue weighted by Crippen LogP contribution is 2.04. The van der Waals surface area contributed by atoms with E-state index in [1.165, 1.54) is 0 Å². The summed E-state index contributed by atoms with van der Waals surface area (Å²) in [4.78, 5) is 0. The van der Waals surface area contributed by atoms with Crippen LogP contribution in [-0.2, 0) is 6.54 Å². The second-order valence-corrected chi connectivity index (χ2v) is 3.87. The van der Waals surface area contributed by atoms with E-state index >= 15 is 0 Å². The van der Waals surface area contributed by atoms with Gasteiger partial charge in [0.25, 0.3) is 0 Å². The van der Waals surface area contributed by atoms with Gasteiger partial charge in [-0.2, -0.15) is 5.10 Å². The van der Waals surface area contributed by atoms with Crippen molar-refractivity contribution in [2.45, 2.75) is 32.5 Å². The van der Waals surface area contributed by atoms with Gasteiger partial charge in [-0.25, -0.2) is 0 Å². The van der Waals surface area contributed by atoms with Crippen LogP contribution < -0.4 is 5.32 Å². The lowest BCUT2D eigenvalue weighted by Crippen LogP contribution is -2.35. The largest absolute Gasteiger partial charge is 0.395 e. The molecule has 0 aliphatic rings. The van der Waals surface area contributed by atoms with Crippen LogP contribution in [0.4, 0.5) is 0 Å². The zero-order chi connectivity index (χ0) is 11.3. The Balaban J connectivity index is 2.43. The zero-order valence-electron chi connectivity index (χ0n) is 9.22. The van der Waals surface area contributed by atoms with E-state index in [1.54, 1.807) is 6.20 Å². The summed E-state index contributed by atoms with van der Waals surface area (Å²) in [6.07, 6.45) is 3.75. The molecular formula is C10H19N3O2. The minimum Gasteiger partial charge on any atom is -0.395 e. The molecule has 0 saturated carbocycles. The molecule has 86 valence electrons. The van der Waals surface area contributed by atoms with Crippen LogP contribution in [0.1, 0.15) is 25.5 Å². The van der Waals surface area contributed by atoms with Crippen molar-refractivity contribution < 1.29 is 10.2 Å². The molecule has 5 nitrogen and oxygen atoms in total. The Kier molecular flexibility index (Phi) is 4.74. The second kappa shape index (κ2) is 5.85. The zero-order valence-corrected chi connectivity index (χ0v) is 9.22. The van der Waals surface area contributed by atoms with Gasteiger partial charge in [-0.15, -0.1) is 0 Å². The van der Waals surface area contributed by atoms with Crippen molar-refractivity contribution in [3.8, 4) is 0 Å². The van der Waals surface area contributed by atoms with Crippen molar-refractivity contribution in [3.05, 3.63) is 18.0 Å². The number of hydrogen-bond donors (Lipinski definition) is 3. The molecule has 1 heterocycles. The summed E-state index contributed by atoms with van der Waals surface area (Å²) in [5, 5.41) is 24.9. The Morgan fingerprint density at radius 2 is 2.07 bits per heavy atom. The molecule has 0 unspecified atom stereocenters. The number of hydrogen-bond acceptors (Lipinski definition) is 4. The maximum absolute atomic E-state index is 8.85. The van der Waals surface area contributed by atoms with Gasteiger partial charge in [0.05, 0.1) is 25.5 Å². The first-order valence-electron chi connectivity index (χ1n) is 5.15. The summed E-state index contributed by atoms with van der Waals surface area (Å²) < 4.78 is 1.88. The fourth-order valence-corrected chi connectivity index (χ4v) is 1.20. The van der Waals surface area contributed by atoms with Gasteiger partial charge >= 0.3 is 0 Å². The van der Waals surface area contributed by atoms with Crippen molar-refractivity contribution in [1.82, 2.24) is 15.1 Å². The van der Waals surface area contributed by atoms with Gasteiger partial charge in [0.1, 0.15) is 0 Å². The Bertz CT molecular complexity index is 282. The first-order valence-corrected chi connectivity index (χ1v) is 5.15. The highest BCUT2D eigenvalue weighted by molar-refractivity contribution is 5.04. The SMILES string of the molecule is CC(C)n1cc(CNC(CO)CO)cn1. The minimum absolute atomic E-state index is 0.0607. The van der Waals surface area contributed by atoms with Gasteiger partial charge in [-0.3, -0.25) is 4.68 Å². The lowest BCUT2D eigenvalue weighted by molar-refractivity contribution is 0.170. The molecule has 0 aliphatic carbocycles. The highest BCUT2D eigenvalue weighted by Gasteiger charge is 2.06. The molecule has 15 heavy (non-hydrogen) atoms. The van der Waals surface area contributed by atoms with Crippen LogP contribution in [0.3, 0.4) is 0 Å². The standard InChI is InChI=1S/C10H19N3O2/c1-8(2)13-5-9(4-12-13)3-11-10(6-14)7-15/h4-5,8,10-11,14-15H,3,6-7H2,1-2H3. The van der Waals surface area contributed by atoms with E-state index < -0.39 is 0 Å². The molecule has 0 atom stereocenters. The summed E-state index contributed by atoms with van der Waals surface area (Å²) in [5.41, 5.74) is 1.05. The maximum atomic E-state index is 8.85. The molecule has 0 bridgehead atoms. The Morgan fingerprint density at radius 3 is 2.53 bits per heavy atom. The van der Waals surface area contributed by atoms with Crippen LogP contribution in [0.2, 0.25) is 0 Å². The highest BCUT2D eigenvalue weighted by atomic mass is 16.3. The van der Waals surface area contributed by atoms with E-state index in [4.69, 9.17) is 10.2 Å². The topological polar surface area (TPSA) is 70.3 Å². The van der Waals surface area contributed by atoms with Crippen LogP contribution in [-0.4, -0.2) is 39.2 Å². The molecule has 1 aromatic rings. The van der Waals surface area contributed by atoms with Gasteiger partial charge in [0, 0.05) is 24.3 Å². The van der Waals surface area contributed by atoms with Crippen LogP contribution in [0, 0.1) is 0 Å². The van der Waals surface area contributed by atoms with Crippen molar-refractivity contribution in [2.75, 3.05) is 13.2 Å². The smallest absolute Gasteiger partial charge is 0.0607 e. The number of nitrogens with one attached hydrogen (secondary N) is 1. The third kappa shape index (κ3) is 3.62. The van der Waals surface area contributed by atoms with Gasteiger partial charge in [-0.05, 0) is 13.8 Å². The van der Waals surface area contributed by atoms with Crippen molar-refractivity contribution in [2.24, 2.45) is 0 Å². The van der Waals surface area contributed by atoms with Crippen LogP contribution in [0.15, 0.2) is 12.4 Å². The van der Waals surface area contributed by atoms with Crippen molar-refractivity contribution >= 4 is 0 Å². The molecule has 0 aliphatic heterocycles. The van der Waals surface area contributed by atoms with Crippen LogP contribution >= 0.6 is 0 Å². The average molecular weight is 213 g/mol. The third-order valence-corrected chi connectivity index (χ3v) is 2.22. The number of aliphatic hydroxyl groups is 2. The van der Waals surface area contributed by atoms with E-state index in [2.05, 4.69) is 24.3 Å². The van der Waals surface area contributed by atoms with Gasteiger partial charge in [0.15, 0.2) is 0 Å². The number of aromatic nitrogens is 2. The molecule has 0 spiro atoms. The number of rotatable bonds is 6. The summed E-state index contributed by atoms with van der Waals surface area (Å²) in [7, 11) is 0. The monoisotopic (exact) mass is 213 g/mol. The number of nitrogens with zero attached hydrogens (tertiary/aromatic N) is 2. The second-order valence-electron chi connectivity index (χ2n) is 3.87. The van der Waals surface area contributed by atoms with Gasteiger partial charge in [0.2, 0.25) is 0 Å². The van der Waals surface area contributed by atoms with E-state index in [1.807, 2.05) is 10.9 Å². The Hall–Kier alpha value is -0.910. The molecule has 3 N–H and O–H groups in total. The predicted octanol–water partition coefficient (Wildman–Crippen LogP) is -0.0932. The van der Waals surface area contributed by atoms with E-state index in [0.29, 0.717) is 12.6 Å². The molecule has 0 fully saturated rings. The summed E-state index contributed by atoms with van der Waals surface area (Å²) in [6, 6.07) is 0.0950. The minimum atomic E-state index is -0.257. The quantitative estimate of drug-likeness (QED) is 0.617. The summed E-state index contributed by atoms with van der Waals surface area (Å²) in [6.45, 7) is 4.62. The predicted molar refractivity (Wildman–Crippen MR) is 57.4 cm³/mol. The maximum Gasteiger partial charge on any atom is 0.0607 e. The first kappa shape index (κ1) is 12.2. The van der Waals surface area contributed by atoms with Gasteiger partial charge in [-0.1, -0.05) is 0 Å². The molecule has 0 amide bonds. The van der Waals surface area contributed by atoms with Crippen LogP contribution in [0.5, 0.6) is 0 Å². The molecule has 0 aromatic carbocycles. The fourth-order valence-electron chi connectivity index (χ4n) is 1.20. The lowest BCUT2D eigenvalue weighted by Gasteiger charge is -2.11. The van der Waals surface area contributed by atoms with Crippen LogP contribution in [0.25, 0.3) is 0 Å². The average Bonchev–Trinajstić information content (AvgIpc) is 2.68. The molecule has 1 rings (SSSR count). The Labute approximate surface area is 89.7 Å². The molecule has 0 radical (unpaired) electrons. The van der Waals surface area contributed by atoms with E-state index in [0.717, 1.165) is 5.56 Å². The van der Waals surface area contributed by atoms with Crippen molar-refractivity contribution in [3.63, 3.8) is 0 Å². The summed E-state index contributed by atoms with van der Waals surface area (Å²) in [5.74, 6) is 0. The number of aliphatic hydroxyl groups excluding tert-OH is 2. The van der Waals surface area contributed by atoms with Gasteiger partial charge < -0.3 is 15.5 Å². The first-order chi connectivity index (χ1) is 7.17. The molecule has 5 heteroatoms. The van der Waals surface area contributed by atoms with E-state index in [-0.39, 0.29) is 19.3 Å². The van der Waals surface area contributed by atoms with E-state index in [9.17, 15) is 0 Å². The summed E-state index contributed by atoms with van der Waals surface area (Å²) >= 11 is 0. The van der Waals surface area contributed by atoms with Crippen molar-refractivity contribution in [1.29, 1.82) is 0 Å². The lowest BCUT2D eigenvalue weighted by atomic mass is 10.3. The molecular weight excluding hydrogens is 194 g/mol.